The summed E-state index contributed by atoms with van der Waals surface area (Å²) in [5.74, 6) is 1.07. The van der Waals surface area contributed by atoms with E-state index < -0.39 is 5.41 Å². The molecule has 1 aliphatic heterocycles. The Labute approximate surface area is 324 Å². The first-order chi connectivity index (χ1) is 27.5. The molecule has 262 valence electrons. The van der Waals surface area contributed by atoms with Crippen LogP contribution in [0.25, 0.3) is 77.6 Å². The number of para-hydroxylation sites is 4. The summed E-state index contributed by atoms with van der Waals surface area (Å²) in [5, 5.41) is 2.54. The molecule has 1 atom stereocenters. The van der Waals surface area contributed by atoms with Crippen LogP contribution in [0.5, 0.6) is 0 Å². The number of aromatic nitrogens is 3. The fourth-order valence-electron chi connectivity index (χ4n) is 10.9. The molecule has 3 aliphatic rings. The summed E-state index contributed by atoms with van der Waals surface area (Å²) >= 11 is 0. The monoisotopic (exact) mass is 713 g/mol. The van der Waals surface area contributed by atoms with E-state index >= 15 is 0 Å². The van der Waals surface area contributed by atoms with Crippen molar-refractivity contribution in [1.29, 1.82) is 0 Å². The van der Waals surface area contributed by atoms with Gasteiger partial charge in [0.2, 0.25) is 0 Å². The minimum absolute atomic E-state index is 0.0827. The van der Waals surface area contributed by atoms with Crippen LogP contribution in [0.2, 0.25) is 0 Å². The highest BCUT2D eigenvalue weighted by atomic mass is 15.1. The average Bonchev–Trinajstić information content (AvgIpc) is 4.00. The Balaban J connectivity index is 1.08. The maximum Gasteiger partial charge on any atom is 0.134 e. The van der Waals surface area contributed by atoms with Crippen molar-refractivity contribution < 1.29 is 0 Å². The Morgan fingerprint density at radius 2 is 1.05 bits per heavy atom. The van der Waals surface area contributed by atoms with E-state index in [-0.39, 0.29) is 5.41 Å². The number of rotatable bonds is 2. The molecule has 1 unspecified atom stereocenters. The largest absolute Gasteiger partial charge is 0.309 e. The summed E-state index contributed by atoms with van der Waals surface area (Å²) in [7, 11) is 0. The zero-order chi connectivity index (χ0) is 36.9. The van der Waals surface area contributed by atoms with Gasteiger partial charge < -0.3 is 4.57 Å². The molecular formula is C53H35N3. The molecule has 0 saturated heterocycles. The molecule has 2 aromatic heterocycles. The standard InChI is InChI=1S/C53H35N3/c1-52(2)41-18-8-6-17-36(41)38-30-40-39-28-32(25-27-47(39)55(50(40)31-44(38)52)34-14-4-3-5-15-34)33-24-26-37-35-16-7-9-19-42(35)53(45(37)29-33)43-20-10-12-22-48(43)56-49-23-13-11-21-46(49)54-51(53)56/h3-31H,1-2H3. The molecule has 0 amide bonds. The van der Waals surface area contributed by atoms with Crippen LogP contribution in [0.4, 0.5) is 0 Å². The third kappa shape index (κ3) is 3.57. The van der Waals surface area contributed by atoms with Crippen LogP contribution in [0.1, 0.15) is 47.5 Å². The number of hydrogen-bond donors (Lipinski definition) is 0. The second kappa shape index (κ2) is 10.4. The summed E-state index contributed by atoms with van der Waals surface area (Å²) in [6, 6.07) is 65.4. The van der Waals surface area contributed by atoms with Gasteiger partial charge in [0.15, 0.2) is 0 Å². The van der Waals surface area contributed by atoms with Gasteiger partial charge in [-0.1, -0.05) is 129 Å². The van der Waals surface area contributed by atoms with E-state index in [1.165, 1.54) is 94.4 Å². The van der Waals surface area contributed by atoms with Gasteiger partial charge in [0.1, 0.15) is 11.2 Å². The lowest BCUT2D eigenvalue weighted by Crippen LogP contribution is -2.27. The molecule has 2 aliphatic carbocycles. The van der Waals surface area contributed by atoms with Crippen LogP contribution < -0.4 is 0 Å². The van der Waals surface area contributed by atoms with E-state index in [0.29, 0.717) is 0 Å². The summed E-state index contributed by atoms with van der Waals surface area (Å²) in [6.07, 6.45) is 0. The van der Waals surface area contributed by atoms with Crippen LogP contribution in [0, 0.1) is 0 Å². The lowest BCUT2D eigenvalue weighted by atomic mass is 9.72. The third-order valence-electron chi connectivity index (χ3n) is 13.3. The van der Waals surface area contributed by atoms with Crippen molar-refractivity contribution >= 4 is 32.8 Å². The van der Waals surface area contributed by atoms with Crippen molar-refractivity contribution in [3.8, 4) is 44.8 Å². The SMILES string of the molecule is CC1(C)c2ccccc2-c2cc3c4cc(-c5ccc6c(c5)C5(c7ccccc7-6)c6ccccc6-n6c5nc5ccccc56)ccc4n(-c4ccccc4)c3cc21. The first-order valence-electron chi connectivity index (χ1n) is 19.6. The smallest absolute Gasteiger partial charge is 0.134 e. The first kappa shape index (κ1) is 30.4. The molecule has 3 nitrogen and oxygen atoms in total. The summed E-state index contributed by atoms with van der Waals surface area (Å²) in [5.41, 5.74) is 20.7. The van der Waals surface area contributed by atoms with E-state index in [9.17, 15) is 0 Å². The van der Waals surface area contributed by atoms with Gasteiger partial charge in [-0.3, -0.25) is 4.57 Å². The molecule has 0 N–H and O–H groups in total. The van der Waals surface area contributed by atoms with Crippen LogP contribution in [0.15, 0.2) is 176 Å². The minimum Gasteiger partial charge on any atom is -0.309 e. The summed E-state index contributed by atoms with van der Waals surface area (Å²) in [6.45, 7) is 4.74. The van der Waals surface area contributed by atoms with Crippen molar-refractivity contribution in [3.05, 3.63) is 210 Å². The van der Waals surface area contributed by atoms with E-state index in [0.717, 1.165) is 16.9 Å². The maximum absolute atomic E-state index is 5.46. The molecule has 3 heteroatoms. The molecule has 13 rings (SSSR count). The Hall–Kier alpha value is -6.97. The van der Waals surface area contributed by atoms with Crippen molar-refractivity contribution in [3.63, 3.8) is 0 Å². The predicted octanol–water partition coefficient (Wildman–Crippen LogP) is 12.8. The number of nitrogens with zero attached hydrogens (tertiary/aromatic N) is 3. The van der Waals surface area contributed by atoms with Gasteiger partial charge in [0, 0.05) is 21.9 Å². The fraction of sp³-hybridized carbons (Fsp3) is 0.0755. The fourth-order valence-corrected chi connectivity index (χ4v) is 10.9. The second-order valence-electron chi connectivity index (χ2n) is 16.3. The quantitative estimate of drug-likeness (QED) is 0.175. The van der Waals surface area contributed by atoms with Gasteiger partial charge in [-0.25, -0.2) is 4.98 Å². The Bertz CT molecular complexity index is 3340. The predicted molar refractivity (Wildman–Crippen MR) is 229 cm³/mol. The van der Waals surface area contributed by atoms with Gasteiger partial charge in [-0.15, -0.1) is 0 Å². The Morgan fingerprint density at radius 3 is 1.91 bits per heavy atom. The molecule has 0 bridgehead atoms. The molecule has 0 radical (unpaired) electrons. The third-order valence-corrected chi connectivity index (χ3v) is 13.3. The van der Waals surface area contributed by atoms with E-state index in [2.05, 4.69) is 199 Å². The summed E-state index contributed by atoms with van der Waals surface area (Å²) in [4.78, 5) is 5.46. The van der Waals surface area contributed by atoms with Crippen LogP contribution in [0.3, 0.4) is 0 Å². The Kier molecular flexibility index (Phi) is 5.64. The second-order valence-corrected chi connectivity index (χ2v) is 16.3. The normalized spacial score (nSPS) is 16.6. The molecule has 56 heavy (non-hydrogen) atoms. The van der Waals surface area contributed by atoms with Gasteiger partial charge >= 0.3 is 0 Å². The number of hydrogen-bond acceptors (Lipinski definition) is 1. The number of fused-ring (bicyclic) bond motifs is 18. The molecule has 0 fully saturated rings. The van der Waals surface area contributed by atoms with Crippen LogP contribution in [-0.4, -0.2) is 14.1 Å². The van der Waals surface area contributed by atoms with Crippen molar-refractivity contribution in [2.24, 2.45) is 0 Å². The molecular weight excluding hydrogens is 679 g/mol. The topological polar surface area (TPSA) is 22.8 Å². The lowest BCUT2D eigenvalue weighted by Gasteiger charge is -2.27. The molecule has 0 saturated carbocycles. The van der Waals surface area contributed by atoms with Crippen LogP contribution >= 0.6 is 0 Å². The zero-order valence-corrected chi connectivity index (χ0v) is 31.1. The highest BCUT2D eigenvalue weighted by molar-refractivity contribution is 6.13. The molecule has 10 aromatic rings. The van der Waals surface area contributed by atoms with E-state index in [1.807, 2.05) is 0 Å². The van der Waals surface area contributed by atoms with Gasteiger partial charge in [0.05, 0.1) is 27.8 Å². The van der Waals surface area contributed by atoms with E-state index in [1.54, 1.807) is 0 Å². The maximum atomic E-state index is 5.46. The highest BCUT2D eigenvalue weighted by Crippen LogP contribution is 2.61. The Morgan fingerprint density at radius 1 is 0.411 bits per heavy atom. The van der Waals surface area contributed by atoms with Crippen LogP contribution in [-0.2, 0) is 10.8 Å². The van der Waals surface area contributed by atoms with E-state index in [4.69, 9.17) is 4.98 Å². The van der Waals surface area contributed by atoms with Gasteiger partial charge in [-0.05, 0) is 122 Å². The highest BCUT2D eigenvalue weighted by Gasteiger charge is 2.54. The minimum atomic E-state index is -0.536. The lowest BCUT2D eigenvalue weighted by molar-refractivity contribution is 0.661. The van der Waals surface area contributed by atoms with Crippen molar-refractivity contribution in [2.75, 3.05) is 0 Å². The van der Waals surface area contributed by atoms with Gasteiger partial charge in [-0.2, -0.15) is 0 Å². The van der Waals surface area contributed by atoms with Gasteiger partial charge in [0.25, 0.3) is 0 Å². The zero-order valence-electron chi connectivity index (χ0n) is 31.1. The van der Waals surface area contributed by atoms with Crippen molar-refractivity contribution in [2.45, 2.75) is 24.7 Å². The van der Waals surface area contributed by atoms with Crippen molar-refractivity contribution in [1.82, 2.24) is 14.1 Å². The molecule has 3 heterocycles. The summed E-state index contributed by atoms with van der Waals surface area (Å²) < 4.78 is 4.87. The number of imidazole rings is 1. The average molecular weight is 714 g/mol. The molecule has 8 aromatic carbocycles. The number of benzene rings is 8. The first-order valence-corrected chi connectivity index (χ1v) is 19.6. The molecule has 1 spiro atoms.